The standard InChI is InChI=1S/C21H21FN2O/c1-15(2)20-19(9-6-14-25)24(18-12-10-17(22)11-13-18)21(23-20)16-7-4-3-5-8-16/h3-13,15,25H,14H2,1-2H3. The average Bonchev–Trinajstić information content (AvgIpc) is 3.01. The van der Waals surface area contributed by atoms with E-state index in [0.717, 1.165) is 28.5 Å². The van der Waals surface area contributed by atoms with Gasteiger partial charge in [0, 0.05) is 11.3 Å². The number of halogens is 1. The first-order valence-electron chi connectivity index (χ1n) is 8.33. The summed E-state index contributed by atoms with van der Waals surface area (Å²) in [6, 6.07) is 16.3. The number of benzene rings is 2. The molecule has 0 atom stereocenters. The summed E-state index contributed by atoms with van der Waals surface area (Å²) in [6.45, 7) is 4.12. The van der Waals surface area contributed by atoms with Gasteiger partial charge in [-0.3, -0.25) is 4.57 Å². The highest BCUT2D eigenvalue weighted by Crippen LogP contribution is 2.31. The largest absolute Gasteiger partial charge is 0.392 e. The Bertz CT molecular complexity index is 865. The molecule has 2 aromatic carbocycles. The van der Waals surface area contributed by atoms with Crippen LogP contribution in [0, 0.1) is 5.82 Å². The molecule has 1 N–H and O–H groups in total. The molecule has 0 amide bonds. The smallest absolute Gasteiger partial charge is 0.145 e. The molecule has 0 bridgehead atoms. The van der Waals surface area contributed by atoms with Crippen molar-refractivity contribution in [3.8, 4) is 17.1 Å². The van der Waals surface area contributed by atoms with E-state index in [0.29, 0.717) is 0 Å². The summed E-state index contributed by atoms with van der Waals surface area (Å²) in [5.74, 6) is 0.734. The highest BCUT2D eigenvalue weighted by Gasteiger charge is 2.19. The summed E-state index contributed by atoms with van der Waals surface area (Å²) >= 11 is 0. The van der Waals surface area contributed by atoms with Crippen LogP contribution in [0.3, 0.4) is 0 Å². The molecule has 1 heterocycles. The quantitative estimate of drug-likeness (QED) is 0.726. The Morgan fingerprint density at radius 1 is 1.08 bits per heavy atom. The molecular formula is C21H21FN2O. The van der Waals surface area contributed by atoms with Gasteiger partial charge in [-0.25, -0.2) is 9.37 Å². The molecule has 0 fully saturated rings. The fraction of sp³-hybridized carbons (Fsp3) is 0.190. The minimum Gasteiger partial charge on any atom is -0.392 e. The molecule has 0 saturated heterocycles. The van der Waals surface area contributed by atoms with Crippen molar-refractivity contribution in [1.82, 2.24) is 9.55 Å². The molecule has 0 radical (unpaired) electrons. The number of nitrogens with zero attached hydrogens (tertiary/aromatic N) is 2. The summed E-state index contributed by atoms with van der Waals surface area (Å²) in [5, 5.41) is 9.21. The Kier molecular flexibility index (Phi) is 5.10. The van der Waals surface area contributed by atoms with Crippen molar-refractivity contribution in [2.75, 3.05) is 6.61 Å². The predicted octanol–water partition coefficient (Wildman–Crippen LogP) is 4.81. The molecule has 0 saturated carbocycles. The molecule has 0 aliphatic heterocycles. The maximum absolute atomic E-state index is 13.4. The number of aliphatic hydroxyl groups excluding tert-OH is 1. The average molecular weight is 336 g/mol. The van der Waals surface area contributed by atoms with E-state index < -0.39 is 0 Å². The maximum atomic E-state index is 13.4. The number of imidazole rings is 1. The maximum Gasteiger partial charge on any atom is 0.145 e. The van der Waals surface area contributed by atoms with Crippen LogP contribution in [0.2, 0.25) is 0 Å². The first kappa shape index (κ1) is 17.1. The van der Waals surface area contributed by atoms with Gasteiger partial charge in [0.05, 0.1) is 18.0 Å². The Morgan fingerprint density at radius 3 is 2.36 bits per heavy atom. The van der Waals surface area contributed by atoms with Gasteiger partial charge < -0.3 is 5.11 Å². The zero-order valence-corrected chi connectivity index (χ0v) is 14.4. The van der Waals surface area contributed by atoms with E-state index in [-0.39, 0.29) is 18.3 Å². The molecule has 0 aliphatic carbocycles. The number of hydrogen-bond donors (Lipinski definition) is 1. The van der Waals surface area contributed by atoms with Crippen molar-refractivity contribution in [3.05, 3.63) is 77.9 Å². The zero-order chi connectivity index (χ0) is 17.8. The highest BCUT2D eigenvalue weighted by molar-refractivity contribution is 5.65. The summed E-state index contributed by atoms with van der Waals surface area (Å²) in [7, 11) is 0. The number of rotatable bonds is 5. The van der Waals surface area contributed by atoms with E-state index in [1.807, 2.05) is 41.0 Å². The van der Waals surface area contributed by atoms with E-state index in [1.54, 1.807) is 18.2 Å². The fourth-order valence-electron chi connectivity index (χ4n) is 2.83. The van der Waals surface area contributed by atoms with Gasteiger partial charge in [-0.1, -0.05) is 50.3 Å². The molecule has 4 heteroatoms. The molecule has 25 heavy (non-hydrogen) atoms. The second kappa shape index (κ2) is 7.45. The van der Waals surface area contributed by atoms with Crippen molar-refractivity contribution in [3.63, 3.8) is 0 Å². The van der Waals surface area contributed by atoms with Gasteiger partial charge in [0.2, 0.25) is 0 Å². The second-order valence-corrected chi connectivity index (χ2v) is 6.12. The lowest BCUT2D eigenvalue weighted by atomic mass is 10.1. The molecule has 128 valence electrons. The Labute approximate surface area is 147 Å². The lowest BCUT2D eigenvalue weighted by Gasteiger charge is -2.11. The van der Waals surface area contributed by atoms with Crippen molar-refractivity contribution in [2.45, 2.75) is 19.8 Å². The third kappa shape index (κ3) is 3.54. The lowest BCUT2D eigenvalue weighted by Crippen LogP contribution is -2.01. The monoisotopic (exact) mass is 336 g/mol. The molecule has 0 unspecified atom stereocenters. The topological polar surface area (TPSA) is 38.0 Å². The van der Waals surface area contributed by atoms with E-state index >= 15 is 0 Å². The first-order valence-corrected chi connectivity index (χ1v) is 8.33. The summed E-state index contributed by atoms with van der Waals surface area (Å²) in [6.07, 6.45) is 3.57. The van der Waals surface area contributed by atoms with Gasteiger partial charge in [0.1, 0.15) is 11.6 Å². The minimum absolute atomic E-state index is 0.0488. The van der Waals surface area contributed by atoms with Gasteiger partial charge in [0.25, 0.3) is 0 Å². The van der Waals surface area contributed by atoms with Gasteiger partial charge >= 0.3 is 0 Å². The Hall–Kier alpha value is -2.72. The molecule has 0 aliphatic rings. The van der Waals surface area contributed by atoms with Crippen LogP contribution in [0.25, 0.3) is 23.2 Å². The van der Waals surface area contributed by atoms with E-state index in [2.05, 4.69) is 13.8 Å². The van der Waals surface area contributed by atoms with Crippen molar-refractivity contribution < 1.29 is 9.50 Å². The summed E-state index contributed by atoms with van der Waals surface area (Å²) in [4.78, 5) is 4.87. The summed E-state index contributed by atoms with van der Waals surface area (Å²) < 4.78 is 15.4. The van der Waals surface area contributed by atoms with Gasteiger partial charge in [-0.05, 0) is 36.3 Å². The van der Waals surface area contributed by atoms with E-state index in [1.165, 1.54) is 12.1 Å². The Morgan fingerprint density at radius 2 is 1.76 bits per heavy atom. The van der Waals surface area contributed by atoms with Crippen LogP contribution in [0.15, 0.2) is 60.7 Å². The fourth-order valence-corrected chi connectivity index (χ4v) is 2.83. The van der Waals surface area contributed by atoms with Crippen LogP contribution >= 0.6 is 0 Å². The first-order chi connectivity index (χ1) is 12.1. The minimum atomic E-state index is -0.276. The third-order valence-electron chi connectivity index (χ3n) is 3.99. The highest BCUT2D eigenvalue weighted by atomic mass is 19.1. The van der Waals surface area contributed by atoms with Crippen LogP contribution < -0.4 is 0 Å². The second-order valence-electron chi connectivity index (χ2n) is 6.12. The molecule has 1 aromatic heterocycles. The van der Waals surface area contributed by atoms with Crippen LogP contribution in [-0.4, -0.2) is 21.3 Å². The van der Waals surface area contributed by atoms with E-state index in [9.17, 15) is 9.50 Å². The number of hydrogen-bond acceptors (Lipinski definition) is 2. The van der Waals surface area contributed by atoms with Crippen LogP contribution in [-0.2, 0) is 0 Å². The molecule has 3 aromatic rings. The lowest BCUT2D eigenvalue weighted by molar-refractivity contribution is 0.343. The van der Waals surface area contributed by atoms with Crippen LogP contribution in [0.5, 0.6) is 0 Å². The normalized spacial score (nSPS) is 11.6. The molecule has 3 nitrogen and oxygen atoms in total. The molecular weight excluding hydrogens is 315 g/mol. The van der Waals surface area contributed by atoms with Gasteiger partial charge in [0.15, 0.2) is 0 Å². The van der Waals surface area contributed by atoms with Crippen molar-refractivity contribution in [2.24, 2.45) is 0 Å². The third-order valence-corrected chi connectivity index (χ3v) is 3.99. The van der Waals surface area contributed by atoms with Crippen LogP contribution in [0.4, 0.5) is 4.39 Å². The predicted molar refractivity (Wildman–Crippen MR) is 99.2 cm³/mol. The Balaban J connectivity index is 2.30. The van der Waals surface area contributed by atoms with E-state index in [4.69, 9.17) is 4.98 Å². The van der Waals surface area contributed by atoms with Crippen molar-refractivity contribution >= 4 is 6.08 Å². The summed E-state index contributed by atoms with van der Waals surface area (Å²) in [5.41, 5.74) is 3.65. The molecule has 3 rings (SSSR count). The van der Waals surface area contributed by atoms with Crippen molar-refractivity contribution in [1.29, 1.82) is 0 Å². The number of aliphatic hydroxyl groups is 1. The van der Waals surface area contributed by atoms with Crippen LogP contribution in [0.1, 0.15) is 31.2 Å². The molecule has 0 spiro atoms. The van der Waals surface area contributed by atoms with Gasteiger partial charge in [-0.2, -0.15) is 0 Å². The zero-order valence-electron chi connectivity index (χ0n) is 14.4. The number of aromatic nitrogens is 2. The SMILES string of the molecule is CC(C)c1nc(-c2ccccc2)n(-c2ccc(F)cc2)c1C=CCO. The van der Waals surface area contributed by atoms with Gasteiger partial charge in [-0.15, -0.1) is 0 Å².